The number of aryl methyl sites for hydroxylation is 1. The first kappa shape index (κ1) is 27.5. The van der Waals surface area contributed by atoms with E-state index in [1.54, 1.807) is 22.9 Å². The largest absolute Gasteiger partial charge is 0.494 e. The number of hydrogen-bond acceptors (Lipinski definition) is 10. The van der Waals surface area contributed by atoms with E-state index >= 15 is 0 Å². The Labute approximate surface area is 245 Å². The molecule has 1 aliphatic heterocycles. The first-order valence-corrected chi connectivity index (χ1v) is 14.4. The number of carbonyl (C=O) groups is 2. The van der Waals surface area contributed by atoms with Gasteiger partial charge < -0.3 is 14.8 Å². The lowest BCUT2D eigenvalue weighted by Gasteiger charge is -2.32. The summed E-state index contributed by atoms with van der Waals surface area (Å²) in [6, 6.07) is 13.6. The van der Waals surface area contributed by atoms with E-state index in [0.29, 0.717) is 41.3 Å². The van der Waals surface area contributed by atoms with Crippen LogP contribution in [-0.2, 0) is 20.9 Å². The molecule has 13 nitrogen and oxygen atoms in total. The number of methoxy groups -OCH3 is 1. The standard InChI is InChI=1S/C28H29N9O4S/c1-18-11-13-42-27(18)26(28(39)29-15-20-6-5-12-41-20)37(25(38)16-35-22-8-4-3-7-21(22)31-33-35)19-9-10-23(24(14-19)40-2)36-17-30-32-34-36/h3-4,7-11,13-14,17,20,26H,5-6,12,15-16H2,1-2H3,(H,29,39). The van der Waals surface area contributed by atoms with Crippen LogP contribution in [0.3, 0.4) is 0 Å². The van der Waals surface area contributed by atoms with E-state index in [2.05, 4.69) is 31.2 Å². The third kappa shape index (κ3) is 5.45. The average Bonchev–Trinajstić information content (AvgIpc) is 3.83. The van der Waals surface area contributed by atoms with Gasteiger partial charge in [0.1, 0.15) is 29.8 Å². The Bertz CT molecular complexity index is 1690. The van der Waals surface area contributed by atoms with Gasteiger partial charge in [-0.3, -0.25) is 14.5 Å². The van der Waals surface area contributed by atoms with Crippen LogP contribution in [0.1, 0.15) is 29.3 Å². The normalized spacial score (nSPS) is 15.5. The smallest absolute Gasteiger partial charge is 0.249 e. The van der Waals surface area contributed by atoms with Gasteiger partial charge in [0, 0.05) is 29.8 Å². The average molecular weight is 588 g/mol. The fourth-order valence-corrected chi connectivity index (χ4v) is 6.10. The van der Waals surface area contributed by atoms with Crippen LogP contribution in [0.4, 0.5) is 5.69 Å². The fraction of sp³-hybridized carbons (Fsp3) is 0.321. The van der Waals surface area contributed by atoms with Crippen molar-refractivity contribution in [1.82, 2.24) is 40.5 Å². The van der Waals surface area contributed by atoms with Crippen molar-refractivity contribution >= 4 is 39.9 Å². The van der Waals surface area contributed by atoms with E-state index in [9.17, 15) is 9.59 Å². The molecule has 1 aliphatic rings. The summed E-state index contributed by atoms with van der Waals surface area (Å²) in [5.41, 5.74) is 3.32. The molecule has 5 aromatic rings. The molecule has 2 atom stereocenters. The topological polar surface area (TPSA) is 142 Å². The van der Waals surface area contributed by atoms with Crippen molar-refractivity contribution in [2.45, 2.75) is 38.5 Å². The van der Waals surface area contributed by atoms with Crippen molar-refractivity contribution in [2.24, 2.45) is 0 Å². The number of para-hydroxylation sites is 1. The lowest BCUT2D eigenvalue weighted by Crippen LogP contribution is -2.46. The predicted octanol–water partition coefficient (Wildman–Crippen LogP) is 2.86. The Morgan fingerprint density at radius 2 is 2.10 bits per heavy atom. The lowest BCUT2D eigenvalue weighted by atomic mass is 10.1. The highest BCUT2D eigenvalue weighted by Gasteiger charge is 2.36. The van der Waals surface area contributed by atoms with Crippen LogP contribution >= 0.6 is 11.3 Å². The Kier molecular flexibility index (Phi) is 7.88. The van der Waals surface area contributed by atoms with Crippen LogP contribution < -0.4 is 15.0 Å². The molecule has 1 fully saturated rings. The van der Waals surface area contributed by atoms with Gasteiger partial charge in [0.2, 0.25) is 11.8 Å². The lowest BCUT2D eigenvalue weighted by molar-refractivity contribution is -0.127. The molecule has 14 heteroatoms. The number of benzene rings is 2. The van der Waals surface area contributed by atoms with Crippen LogP contribution in [-0.4, -0.2) is 73.4 Å². The second-order valence-electron chi connectivity index (χ2n) is 9.86. The number of hydrogen-bond donors (Lipinski definition) is 1. The quantitative estimate of drug-likeness (QED) is 0.261. The molecule has 1 N–H and O–H groups in total. The fourth-order valence-electron chi connectivity index (χ4n) is 5.09. The first-order chi connectivity index (χ1) is 20.5. The monoisotopic (exact) mass is 587 g/mol. The Morgan fingerprint density at radius 3 is 2.83 bits per heavy atom. The van der Waals surface area contributed by atoms with Gasteiger partial charge in [0.15, 0.2) is 6.04 Å². The number of tetrazole rings is 1. The van der Waals surface area contributed by atoms with Crippen molar-refractivity contribution in [3.8, 4) is 11.4 Å². The number of aromatic nitrogens is 7. The van der Waals surface area contributed by atoms with Crippen molar-refractivity contribution in [1.29, 1.82) is 0 Å². The zero-order chi connectivity index (χ0) is 29.1. The van der Waals surface area contributed by atoms with Gasteiger partial charge in [-0.05, 0) is 71.5 Å². The molecular formula is C28H29N9O4S. The van der Waals surface area contributed by atoms with Gasteiger partial charge in [0.05, 0.1) is 18.7 Å². The van der Waals surface area contributed by atoms with Gasteiger partial charge in [-0.1, -0.05) is 17.3 Å². The second-order valence-corrected chi connectivity index (χ2v) is 10.8. The van der Waals surface area contributed by atoms with Crippen molar-refractivity contribution in [3.05, 3.63) is 70.7 Å². The molecule has 4 heterocycles. The number of nitrogens with zero attached hydrogens (tertiary/aromatic N) is 8. The van der Waals surface area contributed by atoms with Gasteiger partial charge in [-0.25, -0.2) is 4.68 Å². The molecule has 1 saturated heterocycles. The summed E-state index contributed by atoms with van der Waals surface area (Å²) in [7, 11) is 1.52. The Morgan fingerprint density at radius 1 is 1.21 bits per heavy atom. The molecule has 6 rings (SSSR count). The molecule has 0 bridgehead atoms. The van der Waals surface area contributed by atoms with Crippen LogP contribution in [0.15, 0.2) is 60.2 Å². The van der Waals surface area contributed by atoms with Crippen molar-refractivity contribution in [3.63, 3.8) is 0 Å². The highest BCUT2D eigenvalue weighted by atomic mass is 32.1. The van der Waals surface area contributed by atoms with Gasteiger partial charge in [0.25, 0.3) is 0 Å². The molecular weight excluding hydrogens is 558 g/mol. The van der Waals surface area contributed by atoms with E-state index in [0.717, 1.165) is 23.3 Å². The summed E-state index contributed by atoms with van der Waals surface area (Å²) < 4.78 is 14.4. The number of rotatable bonds is 10. The minimum atomic E-state index is -0.961. The van der Waals surface area contributed by atoms with Gasteiger partial charge in [-0.2, -0.15) is 4.68 Å². The third-order valence-electron chi connectivity index (χ3n) is 7.20. The van der Waals surface area contributed by atoms with E-state index in [1.807, 2.05) is 42.6 Å². The SMILES string of the molecule is COc1cc(N(C(=O)Cn2nnc3ccccc32)C(C(=O)NCC2CCCO2)c2sccc2C)ccc1-n1cnnn1. The van der Waals surface area contributed by atoms with Crippen molar-refractivity contribution < 1.29 is 19.1 Å². The Hall–Kier alpha value is -4.69. The van der Waals surface area contributed by atoms with Crippen LogP contribution in [0, 0.1) is 6.92 Å². The van der Waals surface area contributed by atoms with Crippen LogP contribution in [0.2, 0.25) is 0 Å². The van der Waals surface area contributed by atoms with Gasteiger partial charge >= 0.3 is 0 Å². The maximum absolute atomic E-state index is 14.3. The molecule has 216 valence electrons. The molecule has 2 unspecified atom stereocenters. The molecule has 0 spiro atoms. The summed E-state index contributed by atoms with van der Waals surface area (Å²) in [5.74, 6) is -0.241. The number of thiophene rings is 1. The molecule has 2 aromatic carbocycles. The summed E-state index contributed by atoms with van der Waals surface area (Å²) in [6.45, 7) is 2.83. The minimum absolute atomic E-state index is 0.0552. The second kappa shape index (κ2) is 12.0. The maximum atomic E-state index is 14.3. The minimum Gasteiger partial charge on any atom is -0.494 e. The highest BCUT2D eigenvalue weighted by molar-refractivity contribution is 7.10. The summed E-state index contributed by atoms with van der Waals surface area (Å²) in [5, 5.41) is 24.8. The van der Waals surface area contributed by atoms with E-state index < -0.39 is 6.04 Å². The molecule has 2 amide bonds. The van der Waals surface area contributed by atoms with Crippen LogP contribution in [0.5, 0.6) is 5.75 Å². The molecule has 0 aliphatic carbocycles. The van der Waals surface area contributed by atoms with E-state index in [4.69, 9.17) is 9.47 Å². The molecule has 3 aromatic heterocycles. The number of nitrogens with one attached hydrogen (secondary N) is 1. The Balaban J connectivity index is 1.43. The zero-order valence-corrected chi connectivity index (χ0v) is 23.9. The van der Waals surface area contributed by atoms with E-state index in [-0.39, 0.29) is 24.5 Å². The summed E-state index contributed by atoms with van der Waals surface area (Å²) in [4.78, 5) is 30.6. The molecule has 0 radical (unpaired) electrons. The molecule has 42 heavy (non-hydrogen) atoms. The molecule has 0 saturated carbocycles. The number of ether oxygens (including phenoxy) is 2. The summed E-state index contributed by atoms with van der Waals surface area (Å²) in [6.07, 6.45) is 3.23. The van der Waals surface area contributed by atoms with Crippen molar-refractivity contribution in [2.75, 3.05) is 25.2 Å². The first-order valence-electron chi connectivity index (χ1n) is 13.5. The number of fused-ring (bicyclic) bond motifs is 1. The number of amides is 2. The number of anilines is 1. The predicted molar refractivity (Wildman–Crippen MR) is 155 cm³/mol. The summed E-state index contributed by atoms with van der Waals surface area (Å²) >= 11 is 1.42. The zero-order valence-electron chi connectivity index (χ0n) is 23.1. The van der Waals surface area contributed by atoms with Gasteiger partial charge in [-0.15, -0.1) is 21.5 Å². The highest BCUT2D eigenvalue weighted by Crippen LogP contribution is 2.36. The third-order valence-corrected chi connectivity index (χ3v) is 8.27. The van der Waals surface area contributed by atoms with Crippen LogP contribution in [0.25, 0.3) is 16.7 Å². The van der Waals surface area contributed by atoms with E-state index in [1.165, 1.54) is 34.4 Å². The number of carbonyl (C=O) groups excluding carboxylic acids is 2. The maximum Gasteiger partial charge on any atom is 0.249 e.